The number of aromatic nitrogens is 1. The molecule has 0 aliphatic rings. The first-order valence-electron chi connectivity index (χ1n) is 6.63. The Morgan fingerprint density at radius 2 is 2.17 bits per heavy atom. The topological polar surface area (TPSA) is 17.0 Å². The van der Waals surface area contributed by atoms with Crippen LogP contribution in [0.25, 0.3) is 10.9 Å². The van der Waals surface area contributed by atoms with Gasteiger partial charge in [0.2, 0.25) is 0 Å². The van der Waals surface area contributed by atoms with E-state index in [1.54, 1.807) is 0 Å². The SMILES string of the molecule is CCCNCc1cccc2c1ccn2CCSC. The molecule has 3 heteroatoms. The van der Waals surface area contributed by atoms with Crippen LogP contribution in [-0.4, -0.2) is 23.1 Å². The molecule has 0 radical (unpaired) electrons. The fourth-order valence-electron chi connectivity index (χ4n) is 2.23. The summed E-state index contributed by atoms with van der Waals surface area (Å²) in [4.78, 5) is 0. The molecule has 1 aromatic heterocycles. The number of aryl methyl sites for hydroxylation is 1. The Kier molecular flexibility index (Phi) is 5.14. The van der Waals surface area contributed by atoms with E-state index >= 15 is 0 Å². The van der Waals surface area contributed by atoms with Crippen molar-refractivity contribution in [3.63, 3.8) is 0 Å². The third-order valence-corrected chi connectivity index (χ3v) is 3.77. The zero-order valence-corrected chi connectivity index (χ0v) is 12.1. The molecule has 0 aliphatic carbocycles. The Balaban J connectivity index is 2.19. The van der Waals surface area contributed by atoms with Crippen LogP contribution in [-0.2, 0) is 13.1 Å². The van der Waals surface area contributed by atoms with Crippen molar-refractivity contribution in [1.82, 2.24) is 9.88 Å². The average molecular weight is 262 g/mol. The van der Waals surface area contributed by atoms with Gasteiger partial charge in [-0.1, -0.05) is 19.1 Å². The van der Waals surface area contributed by atoms with Gasteiger partial charge in [0.05, 0.1) is 0 Å². The van der Waals surface area contributed by atoms with E-state index in [4.69, 9.17) is 0 Å². The molecule has 98 valence electrons. The zero-order chi connectivity index (χ0) is 12.8. The predicted octanol–water partition coefficient (Wildman–Crippen LogP) is 3.50. The molecule has 0 saturated carbocycles. The second-order valence-corrected chi connectivity index (χ2v) is 5.51. The first-order chi connectivity index (χ1) is 8.86. The number of nitrogens with zero attached hydrogens (tertiary/aromatic N) is 1. The van der Waals surface area contributed by atoms with Crippen molar-refractivity contribution in [3.8, 4) is 0 Å². The maximum Gasteiger partial charge on any atom is 0.0483 e. The first-order valence-corrected chi connectivity index (χ1v) is 8.02. The lowest BCUT2D eigenvalue weighted by Crippen LogP contribution is -2.13. The summed E-state index contributed by atoms with van der Waals surface area (Å²) in [6.07, 6.45) is 5.56. The summed E-state index contributed by atoms with van der Waals surface area (Å²) in [5.41, 5.74) is 2.77. The van der Waals surface area contributed by atoms with E-state index in [0.717, 1.165) is 19.6 Å². The van der Waals surface area contributed by atoms with Crippen LogP contribution < -0.4 is 5.32 Å². The molecular weight excluding hydrogens is 240 g/mol. The molecule has 0 aliphatic heterocycles. The Hall–Kier alpha value is -0.930. The summed E-state index contributed by atoms with van der Waals surface area (Å²) in [5, 5.41) is 4.87. The maximum atomic E-state index is 3.48. The second kappa shape index (κ2) is 6.86. The molecule has 1 N–H and O–H groups in total. The van der Waals surface area contributed by atoms with Crippen molar-refractivity contribution in [2.45, 2.75) is 26.4 Å². The van der Waals surface area contributed by atoms with Crippen LogP contribution in [0.2, 0.25) is 0 Å². The van der Waals surface area contributed by atoms with Gasteiger partial charge in [-0.3, -0.25) is 0 Å². The summed E-state index contributed by atoms with van der Waals surface area (Å²) in [6, 6.07) is 8.86. The maximum absolute atomic E-state index is 3.48. The summed E-state index contributed by atoms with van der Waals surface area (Å²) in [7, 11) is 0. The molecule has 2 rings (SSSR count). The molecule has 18 heavy (non-hydrogen) atoms. The fraction of sp³-hybridized carbons (Fsp3) is 0.467. The average Bonchev–Trinajstić information content (AvgIpc) is 2.81. The molecule has 2 nitrogen and oxygen atoms in total. The number of hydrogen-bond acceptors (Lipinski definition) is 2. The normalized spacial score (nSPS) is 11.2. The van der Waals surface area contributed by atoms with E-state index in [9.17, 15) is 0 Å². The second-order valence-electron chi connectivity index (χ2n) is 4.53. The van der Waals surface area contributed by atoms with Crippen LogP contribution in [0.5, 0.6) is 0 Å². The molecule has 0 unspecified atom stereocenters. The fourth-order valence-corrected chi connectivity index (χ4v) is 2.61. The van der Waals surface area contributed by atoms with E-state index in [1.807, 2.05) is 11.8 Å². The van der Waals surface area contributed by atoms with Crippen LogP contribution >= 0.6 is 11.8 Å². The molecule has 0 atom stereocenters. The van der Waals surface area contributed by atoms with Gasteiger partial charge in [-0.05, 0) is 36.9 Å². The number of rotatable bonds is 7. The largest absolute Gasteiger partial charge is 0.347 e. The highest BCUT2D eigenvalue weighted by Crippen LogP contribution is 2.20. The molecule has 1 aromatic carbocycles. The highest BCUT2D eigenvalue weighted by Gasteiger charge is 2.04. The van der Waals surface area contributed by atoms with E-state index in [1.165, 1.54) is 28.6 Å². The number of fused-ring (bicyclic) bond motifs is 1. The third kappa shape index (κ3) is 3.09. The van der Waals surface area contributed by atoms with Gasteiger partial charge in [-0.15, -0.1) is 0 Å². The van der Waals surface area contributed by atoms with Crippen molar-refractivity contribution in [1.29, 1.82) is 0 Å². The molecule has 0 bridgehead atoms. The van der Waals surface area contributed by atoms with Gasteiger partial charge in [0.15, 0.2) is 0 Å². The molecule has 0 fully saturated rings. The lowest BCUT2D eigenvalue weighted by Gasteiger charge is -2.07. The number of benzene rings is 1. The van der Waals surface area contributed by atoms with Gasteiger partial charge in [0, 0.05) is 35.9 Å². The van der Waals surface area contributed by atoms with Crippen LogP contribution in [0.1, 0.15) is 18.9 Å². The number of nitrogens with one attached hydrogen (secondary N) is 1. The van der Waals surface area contributed by atoms with Crippen LogP contribution in [0.3, 0.4) is 0 Å². The van der Waals surface area contributed by atoms with Gasteiger partial charge in [-0.2, -0.15) is 11.8 Å². The summed E-state index contributed by atoms with van der Waals surface area (Å²) in [6.45, 7) is 5.35. The molecule has 0 saturated heterocycles. The lowest BCUT2D eigenvalue weighted by molar-refractivity contribution is 0.678. The Labute approximate surface area is 114 Å². The molecule has 1 heterocycles. The van der Waals surface area contributed by atoms with E-state index in [2.05, 4.69) is 53.5 Å². The molecular formula is C15H22N2S. The van der Waals surface area contributed by atoms with Gasteiger partial charge in [0.1, 0.15) is 0 Å². The Morgan fingerprint density at radius 3 is 2.94 bits per heavy atom. The minimum atomic E-state index is 0.970. The first kappa shape index (κ1) is 13.5. The Bertz CT molecular complexity index is 490. The number of thioether (sulfide) groups is 1. The van der Waals surface area contributed by atoms with E-state index in [0.29, 0.717) is 0 Å². The molecule has 2 aromatic rings. The standard InChI is InChI=1S/C15H22N2S/c1-3-8-16-12-13-5-4-6-15-14(13)7-9-17(15)10-11-18-2/h4-7,9,16H,3,8,10-12H2,1-2H3. The Morgan fingerprint density at radius 1 is 1.28 bits per heavy atom. The summed E-state index contributed by atoms with van der Waals surface area (Å²) >= 11 is 1.90. The van der Waals surface area contributed by atoms with Crippen LogP contribution in [0, 0.1) is 0 Å². The van der Waals surface area contributed by atoms with Crippen LogP contribution in [0.15, 0.2) is 30.5 Å². The highest BCUT2D eigenvalue weighted by atomic mass is 32.2. The summed E-state index contributed by atoms with van der Waals surface area (Å²) < 4.78 is 2.36. The molecule has 0 amide bonds. The minimum Gasteiger partial charge on any atom is -0.347 e. The van der Waals surface area contributed by atoms with Gasteiger partial charge >= 0.3 is 0 Å². The van der Waals surface area contributed by atoms with Crippen LogP contribution in [0.4, 0.5) is 0 Å². The molecule has 0 spiro atoms. The lowest BCUT2D eigenvalue weighted by atomic mass is 10.1. The van der Waals surface area contributed by atoms with Gasteiger partial charge in [-0.25, -0.2) is 0 Å². The minimum absolute atomic E-state index is 0.970. The summed E-state index contributed by atoms with van der Waals surface area (Å²) in [5.74, 6) is 1.17. The van der Waals surface area contributed by atoms with Gasteiger partial charge in [0.25, 0.3) is 0 Å². The van der Waals surface area contributed by atoms with Crippen molar-refractivity contribution in [2.75, 3.05) is 18.6 Å². The van der Waals surface area contributed by atoms with Crippen molar-refractivity contribution in [2.24, 2.45) is 0 Å². The smallest absolute Gasteiger partial charge is 0.0483 e. The third-order valence-electron chi connectivity index (χ3n) is 3.18. The van der Waals surface area contributed by atoms with Crippen molar-refractivity contribution < 1.29 is 0 Å². The van der Waals surface area contributed by atoms with E-state index in [-0.39, 0.29) is 0 Å². The van der Waals surface area contributed by atoms with Gasteiger partial charge < -0.3 is 9.88 Å². The van der Waals surface area contributed by atoms with Crippen molar-refractivity contribution >= 4 is 22.7 Å². The van der Waals surface area contributed by atoms with E-state index < -0.39 is 0 Å². The number of hydrogen-bond donors (Lipinski definition) is 1. The quantitative estimate of drug-likeness (QED) is 0.769. The predicted molar refractivity (Wildman–Crippen MR) is 82.3 cm³/mol. The van der Waals surface area contributed by atoms with Crippen molar-refractivity contribution in [3.05, 3.63) is 36.0 Å². The highest BCUT2D eigenvalue weighted by molar-refractivity contribution is 7.98. The monoisotopic (exact) mass is 262 g/mol. The zero-order valence-electron chi connectivity index (χ0n) is 11.3.